The van der Waals surface area contributed by atoms with Gasteiger partial charge in [-0.05, 0) is 37.3 Å². The van der Waals surface area contributed by atoms with Gasteiger partial charge < -0.3 is 4.74 Å². The molecule has 96 valence electrons. The van der Waals surface area contributed by atoms with Crippen LogP contribution in [0.15, 0.2) is 42.5 Å². The van der Waals surface area contributed by atoms with Crippen LogP contribution in [0.2, 0.25) is 0 Å². The molecule has 0 bridgehead atoms. The molecule has 0 saturated carbocycles. The highest BCUT2D eigenvalue weighted by molar-refractivity contribution is 5.74. The SMILES string of the molecule is Cc1c(Oc2ccc(C=O)cc2)cccc1[N+](=O)[O-]. The molecule has 0 fully saturated rings. The minimum Gasteiger partial charge on any atom is -0.457 e. The number of carbonyl (C=O) groups is 1. The third-order valence-corrected chi connectivity index (χ3v) is 2.70. The Labute approximate surface area is 109 Å². The van der Waals surface area contributed by atoms with E-state index in [1.807, 2.05) is 0 Å². The first kappa shape index (κ1) is 12.8. The van der Waals surface area contributed by atoms with Crippen LogP contribution in [0.5, 0.6) is 11.5 Å². The van der Waals surface area contributed by atoms with E-state index in [1.165, 1.54) is 6.07 Å². The smallest absolute Gasteiger partial charge is 0.276 e. The fourth-order valence-electron chi connectivity index (χ4n) is 1.65. The van der Waals surface area contributed by atoms with Crippen molar-refractivity contribution >= 4 is 12.0 Å². The van der Waals surface area contributed by atoms with E-state index < -0.39 is 4.92 Å². The molecule has 0 aliphatic carbocycles. The second-order valence-corrected chi connectivity index (χ2v) is 3.95. The van der Waals surface area contributed by atoms with Gasteiger partial charge in [0, 0.05) is 11.6 Å². The van der Waals surface area contributed by atoms with Gasteiger partial charge >= 0.3 is 0 Å². The van der Waals surface area contributed by atoms with Crippen molar-refractivity contribution in [2.45, 2.75) is 6.92 Å². The van der Waals surface area contributed by atoms with E-state index in [2.05, 4.69) is 0 Å². The molecule has 0 spiro atoms. The van der Waals surface area contributed by atoms with Gasteiger partial charge in [-0.1, -0.05) is 6.07 Å². The van der Waals surface area contributed by atoms with E-state index in [9.17, 15) is 14.9 Å². The lowest BCUT2D eigenvalue weighted by Crippen LogP contribution is -1.94. The molecular weight excluding hydrogens is 246 g/mol. The minimum atomic E-state index is -0.447. The fourth-order valence-corrected chi connectivity index (χ4v) is 1.65. The standard InChI is InChI=1S/C14H11NO4/c1-10-13(15(17)18)3-2-4-14(10)19-12-7-5-11(9-16)6-8-12/h2-9H,1H3. The third-order valence-electron chi connectivity index (χ3n) is 2.70. The first-order valence-electron chi connectivity index (χ1n) is 5.59. The Kier molecular flexibility index (Phi) is 3.56. The van der Waals surface area contributed by atoms with Gasteiger partial charge in [-0.2, -0.15) is 0 Å². The Morgan fingerprint density at radius 3 is 2.42 bits per heavy atom. The summed E-state index contributed by atoms with van der Waals surface area (Å²) in [6.45, 7) is 1.63. The number of carbonyl (C=O) groups excluding carboxylic acids is 1. The fraction of sp³-hybridized carbons (Fsp3) is 0.0714. The average Bonchev–Trinajstić information content (AvgIpc) is 2.41. The maximum absolute atomic E-state index is 10.8. The summed E-state index contributed by atoms with van der Waals surface area (Å²) < 4.78 is 5.58. The van der Waals surface area contributed by atoms with Gasteiger partial charge in [0.15, 0.2) is 0 Å². The largest absolute Gasteiger partial charge is 0.457 e. The van der Waals surface area contributed by atoms with Crippen LogP contribution in [-0.2, 0) is 0 Å². The van der Waals surface area contributed by atoms with Crippen molar-refractivity contribution in [3.05, 3.63) is 63.7 Å². The maximum atomic E-state index is 10.8. The summed E-state index contributed by atoms with van der Waals surface area (Å²) >= 11 is 0. The monoisotopic (exact) mass is 257 g/mol. The van der Waals surface area contributed by atoms with Crippen LogP contribution in [-0.4, -0.2) is 11.2 Å². The van der Waals surface area contributed by atoms with Gasteiger partial charge in [0.2, 0.25) is 0 Å². The summed E-state index contributed by atoms with van der Waals surface area (Å²) in [5.74, 6) is 0.947. The van der Waals surface area contributed by atoms with Gasteiger partial charge in [0.05, 0.1) is 10.5 Å². The topological polar surface area (TPSA) is 69.4 Å². The Morgan fingerprint density at radius 2 is 1.84 bits per heavy atom. The molecule has 0 atom stereocenters. The van der Waals surface area contributed by atoms with E-state index in [0.29, 0.717) is 22.6 Å². The molecule has 2 rings (SSSR count). The summed E-state index contributed by atoms with van der Waals surface area (Å²) in [5.41, 5.74) is 1.03. The van der Waals surface area contributed by atoms with Crippen molar-refractivity contribution in [3.8, 4) is 11.5 Å². The van der Waals surface area contributed by atoms with E-state index in [-0.39, 0.29) is 5.69 Å². The second-order valence-electron chi connectivity index (χ2n) is 3.95. The number of rotatable bonds is 4. The van der Waals surface area contributed by atoms with Crippen LogP contribution in [0, 0.1) is 17.0 Å². The van der Waals surface area contributed by atoms with Crippen LogP contribution >= 0.6 is 0 Å². The van der Waals surface area contributed by atoms with Crippen molar-refractivity contribution in [3.63, 3.8) is 0 Å². The quantitative estimate of drug-likeness (QED) is 0.477. The van der Waals surface area contributed by atoms with Gasteiger partial charge in [0.1, 0.15) is 17.8 Å². The Balaban J connectivity index is 2.30. The van der Waals surface area contributed by atoms with E-state index in [1.54, 1.807) is 43.3 Å². The van der Waals surface area contributed by atoms with Crippen LogP contribution < -0.4 is 4.74 Å². The molecule has 5 nitrogen and oxygen atoms in total. The molecule has 0 amide bonds. The zero-order valence-electron chi connectivity index (χ0n) is 10.2. The number of hydrogen-bond acceptors (Lipinski definition) is 4. The Bertz CT molecular complexity index is 620. The molecule has 0 unspecified atom stereocenters. The number of nitro groups is 1. The lowest BCUT2D eigenvalue weighted by Gasteiger charge is -2.08. The molecule has 0 aliphatic rings. The average molecular weight is 257 g/mol. The van der Waals surface area contributed by atoms with Crippen molar-refractivity contribution in [1.82, 2.24) is 0 Å². The molecule has 5 heteroatoms. The molecular formula is C14H11NO4. The van der Waals surface area contributed by atoms with Crippen molar-refractivity contribution in [2.24, 2.45) is 0 Å². The van der Waals surface area contributed by atoms with Crippen molar-refractivity contribution < 1.29 is 14.5 Å². The van der Waals surface area contributed by atoms with Gasteiger partial charge in [0.25, 0.3) is 5.69 Å². The summed E-state index contributed by atoms with van der Waals surface area (Å²) in [6.07, 6.45) is 0.738. The number of ether oxygens (including phenoxy) is 1. The summed E-state index contributed by atoms with van der Waals surface area (Å²) in [7, 11) is 0. The molecule has 0 aliphatic heterocycles. The minimum absolute atomic E-state index is 0.0158. The molecule has 0 heterocycles. The Hall–Kier alpha value is -2.69. The van der Waals surface area contributed by atoms with Crippen LogP contribution in [0.4, 0.5) is 5.69 Å². The Morgan fingerprint density at radius 1 is 1.16 bits per heavy atom. The van der Waals surface area contributed by atoms with E-state index >= 15 is 0 Å². The molecule has 0 aromatic heterocycles. The predicted molar refractivity (Wildman–Crippen MR) is 69.7 cm³/mol. The molecule has 2 aromatic carbocycles. The second kappa shape index (κ2) is 5.30. The molecule has 19 heavy (non-hydrogen) atoms. The van der Waals surface area contributed by atoms with Crippen LogP contribution in [0.1, 0.15) is 15.9 Å². The molecule has 0 saturated heterocycles. The van der Waals surface area contributed by atoms with E-state index in [4.69, 9.17) is 4.74 Å². The number of nitrogens with zero attached hydrogens (tertiary/aromatic N) is 1. The number of benzene rings is 2. The van der Waals surface area contributed by atoms with Crippen LogP contribution in [0.3, 0.4) is 0 Å². The van der Waals surface area contributed by atoms with Crippen molar-refractivity contribution in [1.29, 1.82) is 0 Å². The number of aldehydes is 1. The normalized spacial score (nSPS) is 9.95. The third kappa shape index (κ3) is 2.77. The van der Waals surface area contributed by atoms with Gasteiger partial charge in [-0.15, -0.1) is 0 Å². The first-order chi connectivity index (χ1) is 9.11. The highest BCUT2D eigenvalue weighted by atomic mass is 16.6. The highest BCUT2D eigenvalue weighted by Crippen LogP contribution is 2.30. The molecule has 0 N–H and O–H groups in total. The zero-order chi connectivity index (χ0) is 13.8. The first-order valence-corrected chi connectivity index (χ1v) is 5.59. The van der Waals surface area contributed by atoms with Gasteiger partial charge in [-0.3, -0.25) is 14.9 Å². The van der Waals surface area contributed by atoms with Crippen molar-refractivity contribution in [2.75, 3.05) is 0 Å². The number of hydrogen-bond donors (Lipinski definition) is 0. The summed E-state index contributed by atoms with van der Waals surface area (Å²) in [6, 6.07) is 11.2. The molecule has 2 aromatic rings. The predicted octanol–water partition coefficient (Wildman–Crippen LogP) is 3.51. The molecule has 0 radical (unpaired) electrons. The summed E-state index contributed by atoms with van der Waals surface area (Å²) in [5, 5.41) is 10.8. The zero-order valence-corrected chi connectivity index (χ0v) is 10.2. The highest BCUT2D eigenvalue weighted by Gasteiger charge is 2.14. The number of nitro benzene ring substituents is 1. The van der Waals surface area contributed by atoms with Gasteiger partial charge in [-0.25, -0.2) is 0 Å². The lowest BCUT2D eigenvalue weighted by atomic mass is 10.2. The lowest BCUT2D eigenvalue weighted by molar-refractivity contribution is -0.385. The van der Waals surface area contributed by atoms with Crippen LogP contribution in [0.25, 0.3) is 0 Å². The maximum Gasteiger partial charge on any atom is 0.276 e. The van der Waals surface area contributed by atoms with E-state index in [0.717, 1.165) is 6.29 Å². The summed E-state index contributed by atoms with van der Waals surface area (Å²) in [4.78, 5) is 20.9.